The molecule has 1 aromatic carbocycles. The van der Waals surface area contributed by atoms with Gasteiger partial charge in [0.25, 0.3) is 0 Å². The molecule has 3 nitrogen and oxygen atoms in total. The summed E-state index contributed by atoms with van der Waals surface area (Å²) >= 11 is 0. The van der Waals surface area contributed by atoms with Crippen LogP contribution >= 0.6 is 0 Å². The third-order valence-electron chi connectivity index (χ3n) is 3.03. The highest BCUT2D eigenvalue weighted by molar-refractivity contribution is 5.45. The van der Waals surface area contributed by atoms with Crippen LogP contribution in [0.4, 0.5) is 0 Å². The number of rotatable bonds is 4. The Labute approximate surface area is 97.2 Å². The summed E-state index contributed by atoms with van der Waals surface area (Å²) in [6.45, 7) is 1.80. The lowest BCUT2D eigenvalue weighted by Crippen LogP contribution is -2.20. The van der Waals surface area contributed by atoms with E-state index in [1.165, 1.54) is 5.56 Å². The largest absolute Gasteiger partial charge is 0.493 e. The van der Waals surface area contributed by atoms with Gasteiger partial charge in [-0.2, -0.15) is 0 Å². The van der Waals surface area contributed by atoms with Gasteiger partial charge in [-0.05, 0) is 32.6 Å². The number of nitrogens with two attached hydrogens (primary N) is 1. The average Bonchev–Trinajstić information content (AvgIpc) is 2.73. The number of fused-ring (bicyclic) bond motifs is 1. The molecule has 1 atom stereocenters. The highest BCUT2D eigenvalue weighted by Gasteiger charge is 2.19. The van der Waals surface area contributed by atoms with Crippen LogP contribution in [0.1, 0.15) is 23.6 Å². The minimum Gasteiger partial charge on any atom is -0.493 e. The maximum absolute atomic E-state index is 6.21. The normalized spacial score (nSPS) is 16.0. The van der Waals surface area contributed by atoms with E-state index in [0.717, 1.165) is 37.3 Å². The lowest BCUT2D eigenvalue weighted by atomic mass is 10.00. The summed E-state index contributed by atoms with van der Waals surface area (Å²) in [5.41, 5.74) is 8.68. The summed E-state index contributed by atoms with van der Waals surface area (Å²) in [5.74, 6) is 1.04. The van der Waals surface area contributed by atoms with Crippen LogP contribution < -0.4 is 10.5 Å². The van der Waals surface area contributed by atoms with Crippen LogP contribution in [0, 0.1) is 0 Å². The Kier molecular flexibility index (Phi) is 3.46. The molecule has 1 aliphatic heterocycles. The summed E-state index contributed by atoms with van der Waals surface area (Å²) in [6.07, 6.45) is 1.98. The third kappa shape index (κ3) is 2.36. The monoisotopic (exact) mass is 220 g/mol. The molecule has 0 bridgehead atoms. The number of hydrogen-bond donors (Lipinski definition) is 1. The summed E-state index contributed by atoms with van der Waals surface area (Å²) in [6, 6.07) is 6.38. The molecule has 1 aromatic rings. The van der Waals surface area contributed by atoms with Gasteiger partial charge < -0.3 is 15.4 Å². The van der Waals surface area contributed by atoms with Gasteiger partial charge in [-0.25, -0.2) is 0 Å². The summed E-state index contributed by atoms with van der Waals surface area (Å²) < 4.78 is 5.66. The molecule has 0 aromatic heterocycles. The molecule has 3 heteroatoms. The zero-order valence-electron chi connectivity index (χ0n) is 10.1. The Balaban J connectivity index is 2.11. The van der Waals surface area contributed by atoms with Crippen molar-refractivity contribution < 1.29 is 4.74 Å². The zero-order valence-corrected chi connectivity index (χ0v) is 10.1. The minimum absolute atomic E-state index is 0.0791. The van der Waals surface area contributed by atoms with E-state index in [2.05, 4.69) is 37.2 Å². The standard InChI is InChI=1S/C13H20N2O/c1-15(2)8-6-12(14)11-5-3-4-10-7-9-16-13(10)11/h3-5,12H,6-9,14H2,1-2H3. The van der Waals surface area contributed by atoms with Crippen molar-refractivity contribution in [2.45, 2.75) is 18.9 Å². The summed E-state index contributed by atoms with van der Waals surface area (Å²) in [4.78, 5) is 2.16. The van der Waals surface area contributed by atoms with E-state index in [9.17, 15) is 0 Å². The lowest BCUT2D eigenvalue weighted by molar-refractivity contribution is 0.345. The second kappa shape index (κ2) is 4.85. The molecule has 2 N–H and O–H groups in total. The van der Waals surface area contributed by atoms with E-state index < -0.39 is 0 Å². The van der Waals surface area contributed by atoms with E-state index in [4.69, 9.17) is 10.5 Å². The number of hydrogen-bond acceptors (Lipinski definition) is 3. The van der Waals surface area contributed by atoms with Gasteiger partial charge in [-0.1, -0.05) is 18.2 Å². The van der Waals surface area contributed by atoms with Crippen LogP contribution in [0.15, 0.2) is 18.2 Å². The van der Waals surface area contributed by atoms with Crippen molar-refractivity contribution in [2.24, 2.45) is 5.73 Å². The minimum atomic E-state index is 0.0791. The topological polar surface area (TPSA) is 38.5 Å². The molecule has 1 heterocycles. The molecular weight excluding hydrogens is 200 g/mol. The maximum atomic E-state index is 6.21. The molecule has 0 amide bonds. The van der Waals surface area contributed by atoms with Crippen molar-refractivity contribution in [3.63, 3.8) is 0 Å². The Morgan fingerprint density at radius 1 is 1.44 bits per heavy atom. The van der Waals surface area contributed by atoms with Crippen molar-refractivity contribution in [2.75, 3.05) is 27.2 Å². The Hall–Kier alpha value is -1.06. The summed E-state index contributed by atoms with van der Waals surface area (Å²) in [7, 11) is 4.14. The fraction of sp³-hybridized carbons (Fsp3) is 0.538. The van der Waals surface area contributed by atoms with Crippen LogP contribution in [0.25, 0.3) is 0 Å². The first-order valence-electron chi connectivity index (χ1n) is 5.83. The highest BCUT2D eigenvalue weighted by Crippen LogP contribution is 2.33. The van der Waals surface area contributed by atoms with Gasteiger partial charge in [0.1, 0.15) is 5.75 Å². The third-order valence-corrected chi connectivity index (χ3v) is 3.03. The SMILES string of the molecule is CN(C)CCC(N)c1cccc2c1OCC2. The first-order chi connectivity index (χ1) is 7.68. The molecule has 1 unspecified atom stereocenters. The molecule has 0 saturated heterocycles. The molecule has 2 rings (SSSR count). The molecule has 0 fully saturated rings. The molecule has 0 aliphatic carbocycles. The van der Waals surface area contributed by atoms with E-state index >= 15 is 0 Å². The molecule has 0 saturated carbocycles. The van der Waals surface area contributed by atoms with Crippen molar-refractivity contribution in [3.05, 3.63) is 29.3 Å². The fourth-order valence-corrected chi connectivity index (χ4v) is 2.09. The first-order valence-corrected chi connectivity index (χ1v) is 5.83. The second-order valence-corrected chi connectivity index (χ2v) is 4.63. The van der Waals surface area contributed by atoms with Gasteiger partial charge in [-0.3, -0.25) is 0 Å². The van der Waals surface area contributed by atoms with Gasteiger partial charge in [0.05, 0.1) is 6.61 Å². The van der Waals surface area contributed by atoms with E-state index in [0.29, 0.717) is 0 Å². The molecular formula is C13H20N2O. The van der Waals surface area contributed by atoms with Crippen LogP contribution in [0.5, 0.6) is 5.75 Å². The second-order valence-electron chi connectivity index (χ2n) is 4.63. The van der Waals surface area contributed by atoms with Crippen LogP contribution in [-0.2, 0) is 6.42 Å². The van der Waals surface area contributed by atoms with Crippen molar-refractivity contribution >= 4 is 0 Å². The number of nitrogens with zero attached hydrogens (tertiary/aromatic N) is 1. The van der Waals surface area contributed by atoms with Crippen molar-refractivity contribution in [1.82, 2.24) is 4.90 Å². The first kappa shape index (κ1) is 11.4. The van der Waals surface area contributed by atoms with E-state index in [1.54, 1.807) is 0 Å². The Morgan fingerprint density at radius 3 is 3.00 bits per heavy atom. The van der Waals surface area contributed by atoms with E-state index in [-0.39, 0.29) is 6.04 Å². The smallest absolute Gasteiger partial charge is 0.127 e. The average molecular weight is 220 g/mol. The molecule has 88 valence electrons. The van der Waals surface area contributed by atoms with Crippen LogP contribution in [-0.4, -0.2) is 32.1 Å². The summed E-state index contributed by atoms with van der Waals surface area (Å²) in [5, 5.41) is 0. The fourth-order valence-electron chi connectivity index (χ4n) is 2.09. The van der Waals surface area contributed by atoms with Crippen molar-refractivity contribution in [3.8, 4) is 5.75 Å². The Morgan fingerprint density at radius 2 is 2.25 bits per heavy atom. The van der Waals surface area contributed by atoms with Gasteiger partial charge in [0.15, 0.2) is 0 Å². The molecule has 0 spiro atoms. The van der Waals surface area contributed by atoms with Crippen molar-refractivity contribution in [1.29, 1.82) is 0 Å². The van der Waals surface area contributed by atoms with Crippen LogP contribution in [0.2, 0.25) is 0 Å². The highest BCUT2D eigenvalue weighted by atomic mass is 16.5. The molecule has 1 aliphatic rings. The molecule has 0 radical (unpaired) electrons. The molecule has 16 heavy (non-hydrogen) atoms. The Bertz CT molecular complexity index is 363. The van der Waals surface area contributed by atoms with Crippen LogP contribution in [0.3, 0.4) is 0 Å². The predicted molar refractivity (Wildman–Crippen MR) is 65.7 cm³/mol. The van der Waals surface area contributed by atoms with Gasteiger partial charge in [0, 0.05) is 18.0 Å². The zero-order chi connectivity index (χ0) is 11.5. The quantitative estimate of drug-likeness (QED) is 0.837. The number of para-hydroxylation sites is 1. The maximum Gasteiger partial charge on any atom is 0.127 e. The predicted octanol–water partition coefficient (Wildman–Crippen LogP) is 1.57. The van der Waals surface area contributed by atoms with Gasteiger partial charge in [-0.15, -0.1) is 0 Å². The number of ether oxygens (including phenoxy) is 1. The van der Waals surface area contributed by atoms with E-state index in [1.807, 2.05) is 0 Å². The number of benzene rings is 1. The lowest BCUT2D eigenvalue weighted by Gasteiger charge is -2.17. The van der Waals surface area contributed by atoms with Gasteiger partial charge >= 0.3 is 0 Å². The van der Waals surface area contributed by atoms with Gasteiger partial charge in [0.2, 0.25) is 0 Å².